The number of carbonyl (C=O) groups is 1. The van der Waals surface area contributed by atoms with E-state index in [9.17, 15) is 13.6 Å². The molecule has 3 nitrogen and oxygen atoms in total. The van der Waals surface area contributed by atoms with Crippen molar-refractivity contribution >= 4 is 5.91 Å². The van der Waals surface area contributed by atoms with Gasteiger partial charge in [0.15, 0.2) is 0 Å². The molecule has 0 aliphatic rings. The van der Waals surface area contributed by atoms with Gasteiger partial charge >= 0.3 is 0 Å². The van der Waals surface area contributed by atoms with Crippen LogP contribution in [0.5, 0.6) is 0 Å². The SMILES string of the molecule is CC(C)(C)CCCC(=O)NCC(F)(F)CN. The van der Waals surface area contributed by atoms with E-state index in [1.54, 1.807) is 0 Å². The highest BCUT2D eigenvalue weighted by atomic mass is 19.3. The number of hydrogen-bond acceptors (Lipinski definition) is 2. The van der Waals surface area contributed by atoms with Gasteiger partial charge in [0.05, 0.1) is 13.1 Å². The molecule has 5 heteroatoms. The molecule has 0 bridgehead atoms. The van der Waals surface area contributed by atoms with Gasteiger partial charge in [-0.3, -0.25) is 4.79 Å². The van der Waals surface area contributed by atoms with E-state index in [0.717, 1.165) is 6.42 Å². The Labute approximate surface area is 95.8 Å². The summed E-state index contributed by atoms with van der Waals surface area (Å²) in [5.41, 5.74) is 5.02. The maximum absolute atomic E-state index is 12.7. The molecule has 0 unspecified atom stereocenters. The van der Waals surface area contributed by atoms with E-state index in [-0.39, 0.29) is 17.7 Å². The first kappa shape index (κ1) is 15.3. The van der Waals surface area contributed by atoms with Crippen LogP contribution >= 0.6 is 0 Å². The molecule has 0 radical (unpaired) electrons. The Balaban J connectivity index is 3.68. The van der Waals surface area contributed by atoms with Crippen LogP contribution in [-0.4, -0.2) is 24.9 Å². The van der Waals surface area contributed by atoms with Crippen LogP contribution < -0.4 is 11.1 Å². The van der Waals surface area contributed by atoms with Crippen LogP contribution in [0.2, 0.25) is 0 Å². The summed E-state index contributed by atoms with van der Waals surface area (Å²) in [6.07, 6.45) is 1.90. The molecule has 0 atom stereocenters. The third-order valence-corrected chi connectivity index (χ3v) is 2.17. The lowest BCUT2D eigenvalue weighted by molar-refractivity contribution is -0.123. The lowest BCUT2D eigenvalue weighted by Crippen LogP contribution is -2.41. The van der Waals surface area contributed by atoms with Crippen LogP contribution in [0.4, 0.5) is 8.78 Å². The molecule has 0 fully saturated rings. The van der Waals surface area contributed by atoms with E-state index < -0.39 is 19.0 Å². The molecule has 0 rings (SSSR count). The molecule has 16 heavy (non-hydrogen) atoms. The van der Waals surface area contributed by atoms with E-state index in [0.29, 0.717) is 6.42 Å². The third-order valence-electron chi connectivity index (χ3n) is 2.17. The molecule has 0 saturated carbocycles. The van der Waals surface area contributed by atoms with Crippen molar-refractivity contribution in [3.8, 4) is 0 Å². The molecule has 0 aromatic carbocycles. The number of nitrogens with two attached hydrogens (primary N) is 1. The van der Waals surface area contributed by atoms with Crippen molar-refractivity contribution < 1.29 is 13.6 Å². The van der Waals surface area contributed by atoms with E-state index >= 15 is 0 Å². The minimum Gasteiger partial charge on any atom is -0.350 e. The van der Waals surface area contributed by atoms with Gasteiger partial charge in [-0.05, 0) is 18.3 Å². The van der Waals surface area contributed by atoms with Crippen LogP contribution in [0.1, 0.15) is 40.0 Å². The Morgan fingerprint density at radius 1 is 1.31 bits per heavy atom. The van der Waals surface area contributed by atoms with Gasteiger partial charge < -0.3 is 11.1 Å². The van der Waals surface area contributed by atoms with Crippen LogP contribution in [0.25, 0.3) is 0 Å². The summed E-state index contributed by atoms with van der Waals surface area (Å²) in [5, 5.41) is 2.19. The van der Waals surface area contributed by atoms with Gasteiger partial charge in [-0.1, -0.05) is 20.8 Å². The first-order valence-corrected chi connectivity index (χ1v) is 5.51. The molecule has 1 amide bonds. The number of nitrogens with one attached hydrogen (secondary N) is 1. The van der Waals surface area contributed by atoms with Crippen molar-refractivity contribution in [2.75, 3.05) is 13.1 Å². The standard InChI is InChI=1S/C11H22F2N2O/c1-10(2,3)6-4-5-9(16)15-8-11(12,13)7-14/h4-8,14H2,1-3H3,(H,15,16). The molecular weight excluding hydrogens is 214 g/mol. The fourth-order valence-corrected chi connectivity index (χ4v) is 1.17. The predicted molar refractivity (Wildman–Crippen MR) is 60.3 cm³/mol. The molecular formula is C11H22F2N2O. The smallest absolute Gasteiger partial charge is 0.277 e. The Kier molecular flexibility index (Phi) is 5.86. The zero-order chi connectivity index (χ0) is 12.8. The quantitative estimate of drug-likeness (QED) is 0.740. The van der Waals surface area contributed by atoms with E-state index in [4.69, 9.17) is 5.73 Å². The van der Waals surface area contributed by atoms with Gasteiger partial charge in [-0.2, -0.15) is 0 Å². The number of hydrogen-bond donors (Lipinski definition) is 2. The van der Waals surface area contributed by atoms with E-state index in [1.807, 2.05) is 0 Å². The highest BCUT2D eigenvalue weighted by molar-refractivity contribution is 5.75. The van der Waals surface area contributed by atoms with Crippen molar-refractivity contribution in [3.05, 3.63) is 0 Å². The normalized spacial score (nSPS) is 12.6. The van der Waals surface area contributed by atoms with Crippen LogP contribution in [0, 0.1) is 5.41 Å². The van der Waals surface area contributed by atoms with Gasteiger partial charge in [0.2, 0.25) is 5.91 Å². The molecule has 0 heterocycles. The molecule has 0 aliphatic carbocycles. The minimum absolute atomic E-state index is 0.168. The first-order valence-electron chi connectivity index (χ1n) is 5.51. The second-order valence-corrected chi connectivity index (χ2v) is 5.25. The van der Waals surface area contributed by atoms with Gasteiger partial charge in [-0.15, -0.1) is 0 Å². The minimum atomic E-state index is -3.00. The number of rotatable bonds is 6. The van der Waals surface area contributed by atoms with Crippen LogP contribution in [-0.2, 0) is 4.79 Å². The lowest BCUT2D eigenvalue weighted by atomic mass is 9.90. The summed E-state index contributed by atoms with van der Waals surface area (Å²) < 4.78 is 25.4. The average Bonchev–Trinajstić information content (AvgIpc) is 2.13. The van der Waals surface area contributed by atoms with Gasteiger partial charge in [0.1, 0.15) is 0 Å². The van der Waals surface area contributed by atoms with Gasteiger partial charge in [0.25, 0.3) is 5.92 Å². The molecule has 0 aromatic heterocycles. The van der Waals surface area contributed by atoms with Gasteiger partial charge in [0, 0.05) is 6.42 Å². The van der Waals surface area contributed by atoms with Crippen LogP contribution in [0.15, 0.2) is 0 Å². The fourth-order valence-electron chi connectivity index (χ4n) is 1.17. The summed E-state index contributed by atoms with van der Waals surface area (Å²) in [5.74, 6) is -3.34. The second kappa shape index (κ2) is 6.13. The summed E-state index contributed by atoms with van der Waals surface area (Å²) in [6, 6.07) is 0. The zero-order valence-electron chi connectivity index (χ0n) is 10.3. The van der Waals surface area contributed by atoms with Crippen molar-refractivity contribution in [1.29, 1.82) is 0 Å². The molecule has 3 N–H and O–H groups in total. The fraction of sp³-hybridized carbons (Fsp3) is 0.909. The van der Waals surface area contributed by atoms with Crippen molar-refractivity contribution in [1.82, 2.24) is 5.32 Å². The topological polar surface area (TPSA) is 55.1 Å². The number of amides is 1. The Hall–Kier alpha value is -0.710. The van der Waals surface area contributed by atoms with Gasteiger partial charge in [-0.25, -0.2) is 8.78 Å². The number of alkyl halides is 2. The largest absolute Gasteiger partial charge is 0.350 e. The maximum Gasteiger partial charge on any atom is 0.277 e. The van der Waals surface area contributed by atoms with Crippen LogP contribution in [0.3, 0.4) is 0 Å². The summed E-state index contributed by atoms with van der Waals surface area (Å²) in [7, 11) is 0. The second-order valence-electron chi connectivity index (χ2n) is 5.25. The number of carbonyl (C=O) groups excluding carboxylic acids is 1. The third kappa shape index (κ3) is 8.59. The summed E-state index contributed by atoms with van der Waals surface area (Å²) >= 11 is 0. The molecule has 0 saturated heterocycles. The Bertz CT molecular complexity index is 225. The maximum atomic E-state index is 12.7. The zero-order valence-corrected chi connectivity index (χ0v) is 10.3. The molecule has 0 aromatic rings. The lowest BCUT2D eigenvalue weighted by Gasteiger charge is -2.18. The summed E-state index contributed by atoms with van der Waals surface area (Å²) in [6.45, 7) is 4.82. The molecule has 0 spiro atoms. The predicted octanol–water partition coefficient (Wildman–Crippen LogP) is 1.91. The highest BCUT2D eigenvalue weighted by Crippen LogP contribution is 2.21. The molecule has 96 valence electrons. The number of halogens is 2. The highest BCUT2D eigenvalue weighted by Gasteiger charge is 2.26. The van der Waals surface area contributed by atoms with E-state index in [2.05, 4.69) is 26.1 Å². The van der Waals surface area contributed by atoms with Crippen molar-refractivity contribution in [2.45, 2.75) is 46.0 Å². The monoisotopic (exact) mass is 236 g/mol. The van der Waals surface area contributed by atoms with Crippen molar-refractivity contribution in [3.63, 3.8) is 0 Å². The Morgan fingerprint density at radius 3 is 2.31 bits per heavy atom. The summed E-state index contributed by atoms with van der Waals surface area (Å²) in [4.78, 5) is 11.2. The Morgan fingerprint density at radius 2 is 1.88 bits per heavy atom. The molecule has 0 aliphatic heterocycles. The van der Waals surface area contributed by atoms with Crippen molar-refractivity contribution in [2.24, 2.45) is 11.1 Å². The average molecular weight is 236 g/mol. The van der Waals surface area contributed by atoms with E-state index in [1.165, 1.54) is 0 Å². The first-order chi connectivity index (χ1) is 7.16.